The Morgan fingerprint density at radius 3 is 2.61 bits per heavy atom. The molecule has 1 unspecified atom stereocenters. The summed E-state index contributed by atoms with van der Waals surface area (Å²) in [6.45, 7) is 6.32. The van der Waals surface area contributed by atoms with Crippen molar-refractivity contribution in [3.05, 3.63) is 57.0 Å². The largest absolute Gasteiger partial charge is 0.491 e. The Bertz CT molecular complexity index is 1200. The zero-order chi connectivity index (χ0) is 22.7. The number of hydrogen-bond acceptors (Lipinski definition) is 5. The zero-order valence-electron chi connectivity index (χ0n) is 18.6. The molecule has 0 aliphatic carbocycles. The summed E-state index contributed by atoms with van der Waals surface area (Å²) in [7, 11) is 3.02. The van der Waals surface area contributed by atoms with Crippen molar-refractivity contribution < 1.29 is 9.53 Å². The molecule has 2 heterocycles. The standard InChI is InChI=1S/C22H29N5O4/c1-14(2)31-17-9-6-8-16(12-17)15(3)24-18(28)10-7-11-27-13-23-20-19(27)21(29)26(5)22(30)25(20)4/h6,8-9,12-15H,7,10-11H2,1-5H3,(H,24,28). The quantitative estimate of drug-likeness (QED) is 0.592. The van der Waals surface area contributed by atoms with E-state index in [1.165, 1.54) is 17.9 Å². The first-order valence-electron chi connectivity index (χ1n) is 10.4. The third kappa shape index (κ3) is 4.87. The first-order valence-corrected chi connectivity index (χ1v) is 10.4. The minimum Gasteiger partial charge on any atom is -0.491 e. The molecule has 0 aliphatic rings. The second kappa shape index (κ2) is 9.20. The molecule has 0 bridgehead atoms. The highest BCUT2D eigenvalue weighted by Gasteiger charge is 2.15. The predicted molar refractivity (Wildman–Crippen MR) is 118 cm³/mol. The van der Waals surface area contributed by atoms with Crippen LogP contribution in [0.5, 0.6) is 5.75 Å². The van der Waals surface area contributed by atoms with E-state index in [4.69, 9.17) is 4.74 Å². The number of aromatic nitrogens is 4. The normalized spacial score (nSPS) is 12.3. The topological polar surface area (TPSA) is 100 Å². The Balaban J connectivity index is 1.61. The van der Waals surface area contributed by atoms with Gasteiger partial charge in [-0.2, -0.15) is 0 Å². The van der Waals surface area contributed by atoms with Gasteiger partial charge in [0.25, 0.3) is 5.56 Å². The van der Waals surface area contributed by atoms with E-state index in [-0.39, 0.29) is 18.1 Å². The van der Waals surface area contributed by atoms with Gasteiger partial charge in [0.05, 0.1) is 18.5 Å². The molecule has 1 N–H and O–H groups in total. The van der Waals surface area contributed by atoms with Crippen LogP contribution in [0.3, 0.4) is 0 Å². The van der Waals surface area contributed by atoms with Crippen LogP contribution in [0.2, 0.25) is 0 Å². The lowest BCUT2D eigenvalue weighted by molar-refractivity contribution is -0.121. The van der Waals surface area contributed by atoms with Crippen molar-refractivity contribution in [1.82, 2.24) is 24.0 Å². The molecular weight excluding hydrogens is 398 g/mol. The van der Waals surface area contributed by atoms with Crippen molar-refractivity contribution in [2.45, 2.75) is 52.3 Å². The van der Waals surface area contributed by atoms with Crippen LogP contribution < -0.4 is 21.3 Å². The molecule has 0 aliphatic heterocycles. The number of nitrogens with one attached hydrogen (secondary N) is 1. The lowest BCUT2D eigenvalue weighted by Gasteiger charge is -2.16. The van der Waals surface area contributed by atoms with Gasteiger partial charge in [0, 0.05) is 27.1 Å². The molecule has 9 nitrogen and oxygen atoms in total. The van der Waals surface area contributed by atoms with Gasteiger partial charge in [-0.3, -0.25) is 18.7 Å². The molecule has 0 radical (unpaired) electrons. The van der Waals surface area contributed by atoms with Crippen LogP contribution in [-0.2, 0) is 25.4 Å². The molecule has 3 aromatic rings. The van der Waals surface area contributed by atoms with Gasteiger partial charge in [0.2, 0.25) is 5.91 Å². The number of imidazole rings is 1. The first kappa shape index (κ1) is 22.3. The summed E-state index contributed by atoms with van der Waals surface area (Å²) in [5, 5.41) is 3.00. The molecule has 0 spiro atoms. The predicted octanol–water partition coefficient (Wildman–Crippen LogP) is 1.88. The Labute approximate surface area is 180 Å². The number of carbonyl (C=O) groups is 1. The summed E-state index contributed by atoms with van der Waals surface area (Å²) in [5.41, 5.74) is 0.864. The molecule has 1 amide bonds. The van der Waals surface area contributed by atoms with E-state index in [0.29, 0.717) is 30.6 Å². The van der Waals surface area contributed by atoms with Crippen LogP contribution in [0.25, 0.3) is 11.2 Å². The maximum absolute atomic E-state index is 12.5. The summed E-state index contributed by atoms with van der Waals surface area (Å²) in [5.74, 6) is 0.698. The summed E-state index contributed by atoms with van der Waals surface area (Å²) in [6.07, 6.45) is 2.45. The smallest absolute Gasteiger partial charge is 0.332 e. The van der Waals surface area contributed by atoms with E-state index in [9.17, 15) is 14.4 Å². The highest BCUT2D eigenvalue weighted by Crippen LogP contribution is 2.20. The number of ether oxygens (including phenoxy) is 1. The fourth-order valence-electron chi connectivity index (χ4n) is 3.50. The van der Waals surface area contributed by atoms with Gasteiger partial charge in [-0.05, 0) is 44.9 Å². The highest BCUT2D eigenvalue weighted by molar-refractivity contribution is 5.76. The van der Waals surface area contributed by atoms with Gasteiger partial charge < -0.3 is 14.6 Å². The van der Waals surface area contributed by atoms with Crippen LogP contribution in [0.4, 0.5) is 0 Å². The molecular formula is C22H29N5O4. The number of rotatable bonds is 8. The number of amides is 1. The molecule has 1 atom stereocenters. The third-order valence-electron chi connectivity index (χ3n) is 5.13. The van der Waals surface area contributed by atoms with Crippen LogP contribution in [0, 0.1) is 0 Å². The zero-order valence-corrected chi connectivity index (χ0v) is 18.6. The van der Waals surface area contributed by atoms with E-state index in [0.717, 1.165) is 15.9 Å². The van der Waals surface area contributed by atoms with Gasteiger partial charge in [-0.15, -0.1) is 0 Å². The van der Waals surface area contributed by atoms with E-state index < -0.39 is 11.2 Å². The van der Waals surface area contributed by atoms with E-state index in [1.54, 1.807) is 11.6 Å². The van der Waals surface area contributed by atoms with Crippen molar-refractivity contribution >= 4 is 17.1 Å². The molecule has 1 aromatic carbocycles. The molecule has 0 saturated heterocycles. The van der Waals surface area contributed by atoms with Crippen LogP contribution in [-0.4, -0.2) is 30.7 Å². The number of carbonyl (C=O) groups excluding carboxylic acids is 1. The average Bonchev–Trinajstić information content (AvgIpc) is 3.14. The minimum absolute atomic E-state index is 0.0765. The van der Waals surface area contributed by atoms with Crippen LogP contribution in [0.15, 0.2) is 40.2 Å². The van der Waals surface area contributed by atoms with Crippen molar-refractivity contribution in [2.75, 3.05) is 0 Å². The number of benzene rings is 1. The average molecular weight is 428 g/mol. The van der Waals surface area contributed by atoms with Crippen LogP contribution in [0.1, 0.15) is 45.2 Å². The maximum atomic E-state index is 12.5. The molecule has 0 saturated carbocycles. The Hall–Kier alpha value is -3.36. The van der Waals surface area contributed by atoms with Crippen molar-refractivity contribution in [3.8, 4) is 5.75 Å². The number of hydrogen-bond donors (Lipinski definition) is 1. The molecule has 2 aromatic heterocycles. The molecule has 166 valence electrons. The van der Waals surface area contributed by atoms with Gasteiger partial charge in [0.15, 0.2) is 11.2 Å². The fourth-order valence-corrected chi connectivity index (χ4v) is 3.50. The third-order valence-corrected chi connectivity index (χ3v) is 5.13. The Kier molecular flexibility index (Phi) is 6.62. The SMILES string of the molecule is CC(C)Oc1cccc(C(C)NC(=O)CCCn2cnc3c2c(=O)n(C)c(=O)n3C)c1. The fraction of sp³-hybridized carbons (Fsp3) is 0.455. The van der Waals surface area contributed by atoms with Crippen molar-refractivity contribution in [1.29, 1.82) is 0 Å². The van der Waals surface area contributed by atoms with Gasteiger partial charge in [0.1, 0.15) is 5.75 Å². The summed E-state index contributed by atoms with van der Waals surface area (Å²) in [4.78, 5) is 41.1. The maximum Gasteiger partial charge on any atom is 0.332 e. The van der Waals surface area contributed by atoms with Crippen molar-refractivity contribution in [3.63, 3.8) is 0 Å². The van der Waals surface area contributed by atoms with E-state index in [2.05, 4.69) is 10.3 Å². The Morgan fingerprint density at radius 2 is 1.90 bits per heavy atom. The Morgan fingerprint density at radius 1 is 1.16 bits per heavy atom. The number of fused-ring (bicyclic) bond motifs is 1. The van der Waals surface area contributed by atoms with E-state index >= 15 is 0 Å². The van der Waals surface area contributed by atoms with E-state index in [1.807, 2.05) is 45.0 Å². The summed E-state index contributed by atoms with van der Waals surface area (Å²) in [6, 6.07) is 7.54. The molecule has 9 heteroatoms. The minimum atomic E-state index is -0.418. The number of aryl methyl sites for hydroxylation is 2. The van der Waals surface area contributed by atoms with Gasteiger partial charge >= 0.3 is 5.69 Å². The monoisotopic (exact) mass is 427 g/mol. The van der Waals surface area contributed by atoms with Gasteiger partial charge in [-0.25, -0.2) is 9.78 Å². The lowest BCUT2D eigenvalue weighted by atomic mass is 10.1. The highest BCUT2D eigenvalue weighted by atomic mass is 16.5. The summed E-state index contributed by atoms with van der Waals surface area (Å²) >= 11 is 0. The summed E-state index contributed by atoms with van der Waals surface area (Å²) < 4.78 is 9.82. The van der Waals surface area contributed by atoms with Crippen LogP contribution >= 0.6 is 0 Å². The first-order chi connectivity index (χ1) is 14.7. The molecule has 0 fully saturated rings. The van der Waals surface area contributed by atoms with Crippen molar-refractivity contribution in [2.24, 2.45) is 14.1 Å². The molecule has 31 heavy (non-hydrogen) atoms. The molecule has 3 rings (SSSR count). The van der Waals surface area contributed by atoms with Gasteiger partial charge in [-0.1, -0.05) is 12.1 Å². The lowest BCUT2D eigenvalue weighted by Crippen LogP contribution is -2.37. The second-order valence-electron chi connectivity index (χ2n) is 7.95. The second-order valence-corrected chi connectivity index (χ2v) is 7.95. The number of nitrogens with zero attached hydrogens (tertiary/aromatic N) is 4.